The highest BCUT2D eigenvalue weighted by atomic mass is 16.3. The van der Waals surface area contributed by atoms with Crippen LogP contribution in [0.3, 0.4) is 0 Å². The molecule has 2 N–H and O–H groups in total. The van der Waals surface area contributed by atoms with E-state index >= 15 is 0 Å². The smallest absolute Gasteiger partial charge is 0.273 e. The van der Waals surface area contributed by atoms with Gasteiger partial charge in [0, 0.05) is 24.1 Å². The highest BCUT2D eigenvalue weighted by Gasteiger charge is 2.16. The highest BCUT2D eigenvalue weighted by Crippen LogP contribution is 2.19. The second kappa shape index (κ2) is 5.40. The summed E-state index contributed by atoms with van der Waals surface area (Å²) < 4.78 is 6.93. The molecule has 3 rings (SSSR count). The minimum atomic E-state index is -0.417. The van der Waals surface area contributed by atoms with Crippen molar-refractivity contribution >= 4 is 22.7 Å². The van der Waals surface area contributed by atoms with Gasteiger partial charge in [-0.05, 0) is 19.1 Å². The van der Waals surface area contributed by atoms with Gasteiger partial charge in [0.05, 0.1) is 17.4 Å². The molecule has 0 radical (unpaired) electrons. The number of carbonyl (C=O) groups is 2. The second-order valence-electron chi connectivity index (χ2n) is 4.97. The van der Waals surface area contributed by atoms with E-state index in [0.717, 1.165) is 10.9 Å². The number of fused-ring (bicyclic) bond motifs is 1. The number of hydrogen-bond donors (Lipinski definition) is 2. The Morgan fingerprint density at radius 1 is 1.05 bits per heavy atom. The van der Waals surface area contributed by atoms with Gasteiger partial charge in [-0.1, -0.05) is 18.2 Å². The third-order valence-corrected chi connectivity index (χ3v) is 3.53. The van der Waals surface area contributed by atoms with E-state index in [1.54, 1.807) is 19.2 Å². The van der Waals surface area contributed by atoms with Crippen molar-refractivity contribution in [1.82, 2.24) is 15.4 Å². The van der Waals surface area contributed by atoms with Gasteiger partial charge >= 0.3 is 0 Å². The van der Waals surface area contributed by atoms with Crippen LogP contribution in [0.25, 0.3) is 10.9 Å². The van der Waals surface area contributed by atoms with Crippen LogP contribution in [0, 0.1) is 6.92 Å². The molecule has 0 saturated heterocycles. The number of amides is 2. The lowest BCUT2D eigenvalue weighted by molar-refractivity contribution is 0.0846. The monoisotopic (exact) mass is 297 g/mol. The van der Waals surface area contributed by atoms with Crippen molar-refractivity contribution in [2.75, 3.05) is 0 Å². The van der Waals surface area contributed by atoms with Crippen molar-refractivity contribution in [3.63, 3.8) is 0 Å². The van der Waals surface area contributed by atoms with Gasteiger partial charge in [-0.3, -0.25) is 20.4 Å². The molecule has 2 heterocycles. The van der Waals surface area contributed by atoms with Gasteiger partial charge in [-0.2, -0.15) is 0 Å². The summed E-state index contributed by atoms with van der Waals surface area (Å²) in [5.41, 5.74) is 6.65. The lowest BCUT2D eigenvalue weighted by atomic mass is 10.2. The Kier molecular flexibility index (Phi) is 3.42. The molecule has 0 saturated carbocycles. The second-order valence-corrected chi connectivity index (χ2v) is 4.97. The van der Waals surface area contributed by atoms with E-state index in [0.29, 0.717) is 16.9 Å². The van der Waals surface area contributed by atoms with Gasteiger partial charge in [0.25, 0.3) is 11.8 Å². The normalized spacial score (nSPS) is 10.6. The van der Waals surface area contributed by atoms with E-state index < -0.39 is 5.91 Å². The number of hydrazine groups is 1. The first-order valence-electron chi connectivity index (χ1n) is 6.77. The Morgan fingerprint density at radius 2 is 1.73 bits per heavy atom. The average molecular weight is 297 g/mol. The number of nitrogens with one attached hydrogen (secondary N) is 2. The van der Waals surface area contributed by atoms with Crippen molar-refractivity contribution in [3.8, 4) is 0 Å². The molecular weight excluding hydrogens is 282 g/mol. The summed E-state index contributed by atoms with van der Waals surface area (Å²) in [5.74, 6) is -0.289. The Morgan fingerprint density at radius 3 is 2.41 bits per heavy atom. The number of rotatable bonds is 2. The molecular formula is C16H15N3O3. The van der Waals surface area contributed by atoms with E-state index in [9.17, 15) is 9.59 Å². The minimum absolute atomic E-state index is 0.369. The van der Waals surface area contributed by atoms with E-state index in [1.165, 1.54) is 6.26 Å². The van der Waals surface area contributed by atoms with Crippen LogP contribution in [-0.4, -0.2) is 16.4 Å². The fourth-order valence-electron chi connectivity index (χ4n) is 2.39. The van der Waals surface area contributed by atoms with Crippen molar-refractivity contribution in [1.29, 1.82) is 0 Å². The zero-order chi connectivity index (χ0) is 15.7. The van der Waals surface area contributed by atoms with Crippen LogP contribution in [0.5, 0.6) is 0 Å². The predicted molar refractivity (Wildman–Crippen MR) is 81.3 cm³/mol. The maximum atomic E-state index is 12.3. The molecule has 1 aromatic carbocycles. The minimum Gasteiger partial charge on any atom is -0.469 e. The zero-order valence-electron chi connectivity index (χ0n) is 12.2. The van der Waals surface area contributed by atoms with Gasteiger partial charge in [0.15, 0.2) is 0 Å². The van der Waals surface area contributed by atoms with Gasteiger partial charge < -0.3 is 8.98 Å². The van der Waals surface area contributed by atoms with E-state index in [4.69, 9.17) is 4.42 Å². The van der Waals surface area contributed by atoms with Crippen molar-refractivity contribution < 1.29 is 14.0 Å². The molecule has 2 amide bonds. The van der Waals surface area contributed by atoms with Crippen molar-refractivity contribution in [2.45, 2.75) is 6.92 Å². The third-order valence-electron chi connectivity index (χ3n) is 3.53. The summed E-state index contributed by atoms with van der Waals surface area (Å²) in [6, 6.07) is 9.13. The molecule has 0 aliphatic carbocycles. The quantitative estimate of drug-likeness (QED) is 0.712. The first kappa shape index (κ1) is 13.9. The average Bonchev–Trinajstić information content (AvgIpc) is 3.09. The topological polar surface area (TPSA) is 76.3 Å². The predicted octanol–water partition coefficient (Wildman–Crippen LogP) is 2.15. The number of benzene rings is 1. The van der Waals surface area contributed by atoms with E-state index in [1.807, 2.05) is 35.9 Å². The number of furan rings is 1. The molecule has 0 aliphatic rings. The molecule has 0 unspecified atom stereocenters. The van der Waals surface area contributed by atoms with Crippen LogP contribution in [0.1, 0.15) is 26.5 Å². The van der Waals surface area contributed by atoms with Gasteiger partial charge in [0.1, 0.15) is 5.76 Å². The molecule has 0 bridgehead atoms. The molecule has 2 aromatic heterocycles. The van der Waals surface area contributed by atoms with E-state index in [-0.39, 0.29) is 5.91 Å². The Hall–Kier alpha value is -3.02. The maximum absolute atomic E-state index is 12.3. The van der Waals surface area contributed by atoms with Crippen LogP contribution < -0.4 is 10.9 Å². The SMILES string of the molecule is Cc1occc1C(=O)NNC(=O)c1cn(C)c2ccccc12. The summed E-state index contributed by atoms with van der Waals surface area (Å²) in [4.78, 5) is 24.2. The highest BCUT2D eigenvalue weighted by molar-refractivity contribution is 6.08. The molecule has 0 aliphatic heterocycles. The molecule has 22 heavy (non-hydrogen) atoms. The van der Waals surface area contributed by atoms with Crippen LogP contribution in [0.2, 0.25) is 0 Å². The largest absolute Gasteiger partial charge is 0.469 e. The van der Waals surface area contributed by atoms with E-state index in [2.05, 4.69) is 10.9 Å². The molecule has 112 valence electrons. The van der Waals surface area contributed by atoms with Crippen LogP contribution in [0.15, 0.2) is 47.2 Å². The van der Waals surface area contributed by atoms with Crippen molar-refractivity contribution in [2.24, 2.45) is 7.05 Å². The number of hydrogen-bond acceptors (Lipinski definition) is 3. The number of para-hydroxylation sites is 1. The van der Waals surface area contributed by atoms with Crippen LogP contribution in [0.4, 0.5) is 0 Å². The zero-order valence-corrected chi connectivity index (χ0v) is 12.2. The standard InChI is InChI=1S/C16H15N3O3/c1-10-11(7-8-22-10)15(20)17-18-16(21)13-9-19(2)14-6-4-3-5-12(13)14/h3-9H,1-2H3,(H,17,20)(H,18,21). The maximum Gasteiger partial charge on any atom is 0.273 e. The van der Waals surface area contributed by atoms with Gasteiger partial charge in [-0.25, -0.2) is 0 Å². The Bertz CT molecular complexity index is 861. The summed E-state index contributed by atoms with van der Waals surface area (Å²) in [6.45, 7) is 1.68. The third kappa shape index (κ3) is 2.35. The van der Waals surface area contributed by atoms with Crippen LogP contribution in [-0.2, 0) is 7.05 Å². The molecule has 0 spiro atoms. The van der Waals surface area contributed by atoms with Crippen LogP contribution >= 0.6 is 0 Å². The fraction of sp³-hybridized carbons (Fsp3) is 0.125. The summed E-state index contributed by atoms with van der Waals surface area (Å²) in [6.07, 6.45) is 3.16. The lowest BCUT2D eigenvalue weighted by Gasteiger charge is -2.06. The van der Waals surface area contributed by atoms with Gasteiger partial charge in [0.2, 0.25) is 0 Å². The number of aryl methyl sites for hydroxylation is 2. The molecule has 3 aromatic rings. The first-order valence-corrected chi connectivity index (χ1v) is 6.77. The number of nitrogens with zero attached hydrogens (tertiary/aromatic N) is 1. The molecule has 6 heteroatoms. The van der Waals surface area contributed by atoms with Crippen molar-refractivity contribution in [3.05, 3.63) is 59.7 Å². The first-order chi connectivity index (χ1) is 10.6. The van der Waals surface area contributed by atoms with Gasteiger partial charge in [-0.15, -0.1) is 0 Å². The summed E-state index contributed by atoms with van der Waals surface area (Å²) >= 11 is 0. The summed E-state index contributed by atoms with van der Waals surface area (Å²) in [5, 5.41) is 0.830. The fourth-order valence-corrected chi connectivity index (χ4v) is 2.39. The number of carbonyl (C=O) groups excluding carboxylic acids is 2. The molecule has 0 fully saturated rings. The lowest BCUT2D eigenvalue weighted by Crippen LogP contribution is -2.41. The molecule has 0 atom stereocenters. The molecule has 6 nitrogen and oxygen atoms in total. The summed E-state index contributed by atoms with van der Waals surface area (Å²) in [7, 11) is 1.87. The Balaban J connectivity index is 1.77. The number of aromatic nitrogens is 1. The Labute approximate surface area is 126 Å².